The van der Waals surface area contributed by atoms with Crippen molar-refractivity contribution in [3.8, 4) is 23.0 Å². The Hall–Kier alpha value is -3.38. The van der Waals surface area contributed by atoms with Gasteiger partial charge in [-0.05, 0) is 39.0 Å². The predicted octanol–water partition coefficient (Wildman–Crippen LogP) is 1.88. The van der Waals surface area contributed by atoms with Crippen LogP contribution in [0.3, 0.4) is 0 Å². The third-order valence-corrected chi connectivity index (χ3v) is 5.74. The topological polar surface area (TPSA) is 168 Å². The molecule has 0 unspecified atom stereocenters. The Morgan fingerprint density at radius 2 is 1.97 bits per heavy atom. The van der Waals surface area contributed by atoms with Gasteiger partial charge in [-0.1, -0.05) is 0 Å². The Labute approximate surface area is 172 Å². The third kappa shape index (κ3) is 4.96. The second-order valence-corrected chi connectivity index (χ2v) is 7.81. The lowest BCUT2D eigenvalue weighted by atomic mass is 10.2. The Bertz CT molecular complexity index is 1120. The highest BCUT2D eigenvalue weighted by molar-refractivity contribution is 7.89. The first kappa shape index (κ1) is 22.9. The minimum atomic E-state index is -3.74. The van der Waals surface area contributed by atoms with Crippen molar-refractivity contribution >= 4 is 16.5 Å². The Morgan fingerprint density at radius 1 is 1.30 bits per heavy atom. The van der Waals surface area contributed by atoms with Crippen LogP contribution in [0.4, 0.5) is 0 Å². The Balaban J connectivity index is 0.00000101. The summed E-state index contributed by atoms with van der Waals surface area (Å²) in [5, 5.41) is 23.1. The van der Waals surface area contributed by atoms with Crippen molar-refractivity contribution in [2.45, 2.75) is 32.2 Å². The quantitative estimate of drug-likeness (QED) is 0.420. The van der Waals surface area contributed by atoms with Crippen molar-refractivity contribution in [1.82, 2.24) is 19.9 Å². The first-order valence-electron chi connectivity index (χ1n) is 8.57. The van der Waals surface area contributed by atoms with Gasteiger partial charge in [0.1, 0.15) is 10.7 Å². The van der Waals surface area contributed by atoms with Crippen molar-refractivity contribution in [3.05, 3.63) is 41.0 Å². The number of aryl methyl sites for hydroxylation is 3. The molecule has 0 fully saturated rings. The monoisotopic (exact) mass is 438 g/mol. The van der Waals surface area contributed by atoms with Crippen molar-refractivity contribution < 1.29 is 32.6 Å². The predicted molar refractivity (Wildman–Crippen MR) is 106 cm³/mol. The molecule has 12 heteroatoms. The largest absolute Gasteiger partial charge is 0.504 e. The summed E-state index contributed by atoms with van der Waals surface area (Å²) < 4.78 is 38.3. The van der Waals surface area contributed by atoms with E-state index in [-0.39, 0.29) is 29.4 Å². The smallest absolute Gasteiger partial charge is 0.290 e. The van der Waals surface area contributed by atoms with E-state index >= 15 is 0 Å². The Kier molecular flexibility index (Phi) is 7.19. The molecule has 3 rings (SSSR count). The highest BCUT2D eigenvalue weighted by atomic mass is 32.2. The number of methoxy groups -OCH3 is 1. The SMILES string of the molecule is COc1cc(-c2nc(CNS(=O)(=O)c3c(C)n[nH]c3C)c(C)o2)ccc1O.O=CO. The van der Waals surface area contributed by atoms with Crippen molar-refractivity contribution in [3.63, 3.8) is 0 Å². The van der Waals surface area contributed by atoms with E-state index < -0.39 is 10.0 Å². The molecule has 11 nitrogen and oxygen atoms in total. The number of aromatic nitrogens is 3. The number of nitrogens with zero attached hydrogens (tertiary/aromatic N) is 2. The second-order valence-electron chi connectivity index (χ2n) is 6.10. The number of phenols is 1. The second kappa shape index (κ2) is 9.41. The molecule has 0 atom stereocenters. The number of aromatic amines is 1. The van der Waals surface area contributed by atoms with Crippen LogP contribution in [0.1, 0.15) is 22.8 Å². The maximum absolute atomic E-state index is 12.5. The molecule has 0 aliphatic carbocycles. The molecule has 0 bridgehead atoms. The van der Waals surface area contributed by atoms with Crippen LogP contribution < -0.4 is 9.46 Å². The van der Waals surface area contributed by atoms with E-state index in [9.17, 15) is 13.5 Å². The summed E-state index contributed by atoms with van der Waals surface area (Å²) in [6, 6.07) is 4.70. The highest BCUT2D eigenvalue weighted by Crippen LogP contribution is 2.31. The number of H-pyrrole nitrogens is 1. The zero-order chi connectivity index (χ0) is 22.5. The van der Waals surface area contributed by atoms with Gasteiger partial charge in [-0.3, -0.25) is 9.89 Å². The van der Waals surface area contributed by atoms with Crippen LogP contribution in [0.15, 0.2) is 27.5 Å². The molecule has 0 spiro atoms. The molecule has 162 valence electrons. The standard InChI is InChI=1S/C17H20N4O5S.CH2O2/c1-9-16(10(2)21-20-9)27(23,24)18-8-13-11(3)26-17(19-13)12-5-6-14(22)15(7-12)25-4;2-1-3/h5-7,18,22H,8H2,1-4H3,(H,20,21);1H,(H,2,3). The normalized spacial score (nSPS) is 10.9. The van der Waals surface area contributed by atoms with E-state index in [0.29, 0.717) is 34.3 Å². The van der Waals surface area contributed by atoms with Gasteiger partial charge in [0, 0.05) is 5.56 Å². The van der Waals surface area contributed by atoms with Gasteiger partial charge in [0.25, 0.3) is 6.47 Å². The van der Waals surface area contributed by atoms with Crippen molar-refractivity contribution in [2.24, 2.45) is 0 Å². The zero-order valence-electron chi connectivity index (χ0n) is 16.8. The van der Waals surface area contributed by atoms with Crippen LogP contribution in [0.2, 0.25) is 0 Å². The molecule has 0 saturated heterocycles. The highest BCUT2D eigenvalue weighted by Gasteiger charge is 2.23. The van der Waals surface area contributed by atoms with Gasteiger partial charge in [-0.2, -0.15) is 5.10 Å². The van der Waals surface area contributed by atoms with Gasteiger partial charge < -0.3 is 19.4 Å². The number of carbonyl (C=O) groups is 1. The number of benzene rings is 1. The number of nitrogens with one attached hydrogen (secondary N) is 2. The first-order chi connectivity index (χ1) is 14.1. The minimum Gasteiger partial charge on any atom is -0.504 e. The van der Waals surface area contributed by atoms with Gasteiger partial charge >= 0.3 is 0 Å². The molecule has 2 heterocycles. The molecular formula is C18H22N4O7S. The number of carboxylic acid groups (broad SMARTS) is 1. The number of hydrogen-bond acceptors (Lipinski definition) is 8. The number of hydrogen-bond donors (Lipinski definition) is 4. The lowest BCUT2D eigenvalue weighted by Gasteiger charge is -2.05. The molecule has 3 aromatic rings. The number of oxazole rings is 1. The van der Waals surface area contributed by atoms with E-state index in [1.165, 1.54) is 13.2 Å². The average molecular weight is 438 g/mol. The molecular weight excluding hydrogens is 416 g/mol. The van der Waals surface area contributed by atoms with Crippen molar-refractivity contribution in [2.75, 3.05) is 7.11 Å². The molecule has 0 amide bonds. The van der Waals surface area contributed by atoms with Gasteiger partial charge in [0.2, 0.25) is 15.9 Å². The van der Waals surface area contributed by atoms with Gasteiger partial charge in [0.15, 0.2) is 11.5 Å². The zero-order valence-corrected chi connectivity index (χ0v) is 17.6. The van der Waals surface area contributed by atoms with E-state index in [1.807, 2.05) is 0 Å². The summed E-state index contributed by atoms with van der Waals surface area (Å²) in [6.07, 6.45) is 0. The Morgan fingerprint density at radius 3 is 2.53 bits per heavy atom. The van der Waals surface area contributed by atoms with Crippen LogP contribution in [-0.4, -0.2) is 47.4 Å². The molecule has 1 aromatic carbocycles. The van der Waals surface area contributed by atoms with Crippen LogP contribution in [0.5, 0.6) is 11.5 Å². The van der Waals surface area contributed by atoms with Crippen LogP contribution in [-0.2, 0) is 21.4 Å². The minimum absolute atomic E-state index is 0.00311. The summed E-state index contributed by atoms with van der Waals surface area (Å²) in [7, 11) is -2.30. The maximum Gasteiger partial charge on any atom is 0.290 e. The average Bonchev–Trinajstić information content (AvgIpc) is 3.23. The number of sulfonamides is 1. The van der Waals surface area contributed by atoms with E-state index in [2.05, 4.69) is 19.9 Å². The lowest BCUT2D eigenvalue weighted by molar-refractivity contribution is -0.122. The fourth-order valence-corrected chi connectivity index (χ4v) is 4.05. The van der Waals surface area contributed by atoms with Crippen molar-refractivity contribution in [1.29, 1.82) is 0 Å². The summed E-state index contributed by atoms with van der Waals surface area (Å²) in [6.45, 7) is 4.69. The van der Waals surface area contributed by atoms with Crippen LogP contribution in [0, 0.1) is 20.8 Å². The maximum atomic E-state index is 12.5. The number of rotatable bonds is 6. The summed E-state index contributed by atoms with van der Waals surface area (Å²) in [5.74, 6) is 1.08. The summed E-state index contributed by atoms with van der Waals surface area (Å²) in [4.78, 5) is 12.9. The molecule has 0 saturated carbocycles. The fraction of sp³-hybridized carbons (Fsp3) is 0.278. The van der Waals surface area contributed by atoms with Gasteiger partial charge in [-0.15, -0.1) is 0 Å². The van der Waals surface area contributed by atoms with Crippen LogP contribution >= 0.6 is 0 Å². The summed E-state index contributed by atoms with van der Waals surface area (Å²) in [5.41, 5.74) is 1.92. The first-order valence-corrected chi connectivity index (χ1v) is 10.1. The number of phenolic OH excluding ortho intramolecular Hbond substituents is 1. The molecule has 30 heavy (non-hydrogen) atoms. The molecule has 0 aliphatic rings. The summed E-state index contributed by atoms with van der Waals surface area (Å²) >= 11 is 0. The van der Waals surface area contributed by atoms with Gasteiger partial charge in [-0.25, -0.2) is 18.1 Å². The molecule has 0 aliphatic heterocycles. The fourth-order valence-electron chi connectivity index (χ4n) is 2.70. The third-order valence-electron chi connectivity index (χ3n) is 4.08. The van der Waals surface area contributed by atoms with Crippen LogP contribution in [0.25, 0.3) is 11.5 Å². The van der Waals surface area contributed by atoms with E-state index in [0.717, 1.165) is 0 Å². The number of ether oxygens (including phenoxy) is 1. The van der Waals surface area contributed by atoms with Gasteiger partial charge in [0.05, 0.1) is 30.7 Å². The molecule has 4 N–H and O–H groups in total. The molecule has 2 aromatic heterocycles. The lowest BCUT2D eigenvalue weighted by Crippen LogP contribution is -2.24. The van der Waals surface area contributed by atoms with E-state index in [4.69, 9.17) is 19.1 Å². The van der Waals surface area contributed by atoms with E-state index in [1.54, 1.807) is 32.9 Å². The number of aromatic hydroxyl groups is 1. The molecule has 0 radical (unpaired) electrons.